The van der Waals surface area contributed by atoms with Crippen LogP contribution in [0.5, 0.6) is 0 Å². The number of pyridine rings is 1. The molecule has 0 spiro atoms. The summed E-state index contributed by atoms with van der Waals surface area (Å²) in [5.41, 5.74) is 3.45. The number of rotatable bonds is 4. The molecule has 0 unspecified atom stereocenters. The number of benzene rings is 1. The summed E-state index contributed by atoms with van der Waals surface area (Å²) < 4.78 is 0. The van der Waals surface area contributed by atoms with Gasteiger partial charge >= 0.3 is 0 Å². The smallest absolute Gasteiger partial charge is 0.0789 e. The van der Waals surface area contributed by atoms with Crippen molar-refractivity contribution in [2.75, 3.05) is 13.6 Å². The molecule has 0 bridgehead atoms. The highest BCUT2D eigenvalue weighted by Gasteiger charge is 2.04. The van der Waals surface area contributed by atoms with E-state index < -0.39 is 0 Å². The molecular formula is C15H17ClN2. The fourth-order valence-electron chi connectivity index (χ4n) is 2.00. The zero-order valence-electron chi connectivity index (χ0n) is 10.7. The number of nitrogens with one attached hydrogen (secondary N) is 1. The van der Waals surface area contributed by atoms with E-state index in [4.69, 9.17) is 11.6 Å². The first-order valence-corrected chi connectivity index (χ1v) is 6.51. The maximum atomic E-state index is 6.19. The molecular weight excluding hydrogens is 244 g/mol. The molecule has 0 atom stereocenters. The molecule has 0 aliphatic heterocycles. The summed E-state index contributed by atoms with van der Waals surface area (Å²) in [4.78, 5) is 4.44. The Labute approximate surface area is 113 Å². The van der Waals surface area contributed by atoms with Crippen molar-refractivity contribution in [1.29, 1.82) is 0 Å². The van der Waals surface area contributed by atoms with Gasteiger partial charge in [-0.1, -0.05) is 36.2 Å². The molecule has 0 aliphatic rings. The van der Waals surface area contributed by atoms with E-state index in [1.54, 1.807) is 6.20 Å². The minimum Gasteiger partial charge on any atom is -0.316 e. The van der Waals surface area contributed by atoms with Gasteiger partial charge in [-0.3, -0.25) is 4.98 Å². The second-order valence-electron chi connectivity index (χ2n) is 4.22. The first-order chi connectivity index (χ1) is 8.76. The molecule has 94 valence electrons. The van der Waals surface area contributed by atoms with Gasteiger partial charge in [0.05, 0.1) is 10.5 Å². The molecule has 1 aromatic carbocycles. The van der Waals surface area contributed by atoms with Gasteiger partial charge in [-0.25, -0.2) is 0 Å². The molecule has 0 saturated heterocycles. The Balaban J connectivity index is 2.55. The number of fused-ring (bicyclic) bond motifs is 1. The van der Waals surface area contributed by atoms with Crippen molar-refractivity contribution in [2.45, 2.75) is 13.3 Å². The Hall–Kier alpha value is -1.38. The third-order valence-electron chi connectivity index (χ3n) is 2.97. The third kappa shape index (κ3) is 2.71. The zero-order chi connectivity index (χ0) is 13.0. The van der Waals surface area contributed by atoms with Gasteiger partial charge in [0.2, 0.25) is 0 Å². The molecule has 18 heavy (non-hydrogen) atoms. The van der Waals surface area contributed by atoms with Gasteiger partial charge in [-0.05, 0) is 31.7 Å². The number of hydrogen-bond acceptors (Lipinski definition) is 2. The molecule has 2 nitrogen and oxygen atoms in total. The molecule has 3 heteroatoms. The highest BCUT2D eigenvalue weighted by atomic mass is 35.5. The van der Waals surface area contributed by atoms with Crippen molar-refractivity contribution in [3.63, 3.8) is 0 Å². The van der Waals surface area contributed by atoms with Crippen molar-refractivity contribution >= 4 is 28.6 Å². The summed E-state index contributed by atoms with van der Waals surface area (Å²) in [7, 11) is 1.96. The molecule has 2 rings (SSSR count). The Morgan fingerprint density at radius 1 is 1.39 bits per heavy atom. The van der Waals surface area contributed by atoms with Crippen molar-refractivity contribution in [2.24, 2.45) is 0 Å². The topological polar surface area (TPSA) is 24.9 Å². The Bertz CT molecular complexity index is 576. The van der Waals surface area contributed by atoms with Crippen LogP contribution in [0.4, 0.5) is 0 Å². The van der Waals surface area contributed by atoms with E-state index in [1.807, 2.05) is 31.3 Å². The predicted octanol–water partition coefficient (Wildman–Crippen LogP) is 3.90. The van der Waals surface area contributed by atoms with Crippen LogP contribution >= 0.6 is 11.6 Å². The number of likely N-dealkylation sites (N-methyl/N-ethyl adjacent to an activating group) is 1. The lowest BCUT2D eigenvalue weighted by Crippen LogP contribution is -2.09. The summed E-state index contributed by atoms with van der Waals surface area (Å²) in [5, 5.41) is 4.94. The number of halogens is 1. The number of hydrogen-bond donors (Lipinski definition) is 1. The van der Waals surface area contributed by atoms with E-state index in [2.05, 4.69) is 23.3 Å². The van der Waals surface area contributed by atoms with E-state index in [-0.39, 0.29) is 0 Å². The van der Waals surface area contributed by atoms with Crippen LogP contribution in [0.1, 0.15) is 18.9 Å². The molecule has 0 radical (unpaired) electrons. The van der Waals surface area contributed by atoms with Crippen LogP contribution < -0.4 is 5.32 Å². The van der Waals surface area contributed by atoms with E-state index in [0.29, 0.717) is 0 Å². The molecule has 1 heterocycles. The Kier molecular flexibility index (Phi) is 4.34. The molecule has 0 aliphatic carbocycles. The largest absolute Gasteiger partial charge is 0.316 e. The molecule has 0 amide bonds. The molecule has 2 aromatic rings. The summed E-state index contributed by atoms with van der Waals surface area (Å²) in [6.07, 6.45) is 5.03. The predicted molar refractivity (Wildman–Crippen MR) is 78.9 cm³/mol. The van der Waals surface area contributed by atoms with Gasteiger partial charge in [0.15, 0.2) is 0 Å². The molecule has 1 aromatic heterocycles. The minimum atomic E-state index is 0.752. The SMILES string of the molecule is CC/C(=C/c1ccc(Cl)c2cccnc12)CNC. The van der Waals surface area contributed by atoms with Crippen LogP contribution in [0.2, 0.25) is 5.02 Å². The molecule has 1 N–H and O–H groups in total. The summed E-state index contributed by atoms with van der Waals surface area (Å²) in [5.74, 6) is 0. The van der Waals surface area contributed by atoms with Crippen LogP contribution in [0.3, 0.4) is 0 Å². The summed E-state index contributed by atoms with van der Waals surface area (Å²) >= 11 is 6.19. The zero-order valence-corrected chi connectivity index (χ0v) is 11.5. The van der Waals surface area contributed by atoms with Gasteiger partial charge in [-0.2, -0.15) is 0 Å². The van der Waals surface area contributed by atoms with Crippen molar-refractivity contribution in [1.82, 2.24) is 10.3 Å². The normalized spacial score (nSPS) is 12.1. The van der Waals surface area contributed by atoms with Gasteiger partial charge < -0.3 is 5.32 Å². The van der Waals surface area contributed by atoms with Gasteiger partial charge in [-0.15, -0.1) is 0 Å². The standard InChI is InChI=1S/C15H17ClN2/c1-3-11(10-17-2)9-12-6-7-14(16)13-5-4-8-18-15(12)13/h4-9,17H,3,10H2,1-2H3/b11-9-. The number of nitrogens with zero attached hydrogens (tertiary/aromatic N) is 1. The molecule has 0 saturated carbocycles. The van der Waals surface area contributed by atoms with Gasteiger partial charge in [0.1, 0.15) is 0 Å². The second kappa shape index (κ2) is 5.98. The summed E-state index contributed by atoms with van der Waals surface area (Å²) in [6, 6.07) is 7.88. The third-order valence-corrected chi connectivity index (χ3v) is 3.29. The maximum Gasteiger partial charge on any atom is 0.0789 e. The minimum absolute atomic E-state index is 0.752. The highest BCUT2D eigenvalue weighted by molar-refractivity contribution is 6.35. The first kappa shape index (κ1) is 13.1. The van der Waals surface area contributed by atoms with Crippen LogP contribution in [0.25, 0.3) is 17.0 Å². The number of aromatic nitrogens is 1. The lowest BCUT2D eigenvalue weighted by atomic mass is 10.1. The quantitative estimate of drug-likeness (QED) is 0.902. The summed E-state index contributed by atoms with van der Waals surface area (Å²) in [6.45, 7) is 3.06. The van der Waals surface area contributed by atoms with E-state index in [0.717, 1.165) is 34.5 Å². The second-order valence-corrected chi connectivity index (χ2v) is 4.63. The van der Waals surface area contributed by atoms with Crippen LogP contribution in [-0.4, -0.2) is 18.6 Å². The lowest BCUT2D eigenvalue weighted by molar-refractivity contribution is 0.851. The van der Waals surface area contributed by atoms with Gasteiger partial charge in [0.25, 0.3) is 0 Å². The highest BCUT2D eigenvalue weighted by Crippen LogP contribution is 2.26. The van der Waals surface area contributed by atoms with E-state index in [1.165, 1.54) is 5.57 Å². The lowest BCUT2D eigenvalue weighted by Gasteiger charge is -2.07. The van der Waals surface area contributed by atoms with Crippen molar-refractivity contribution in [3.8, 4) is 0 Å². The average Bonchev–Trinajstić information content (AvgIpc) is 2.41. The maximum absolute atomic E-state index is 6.19. The fraction of sp³-hybridized carbons (Fsp3) is 0.267. The Morgan fingerprint density at radius 3 is 2.94 bits per heavy atom. The average molecular weight is 261 g/mol. The van der Waals surface area contributed by atoms with Crippen LogP contribution in [0, 0.1) is 0 Å². The monoisotopic (exact) mass is 260 g/mol. The fourth-order valence-corrected chi connectivity index (χ4v) is 2.22. The van der Waals surface area contributed by atoms with Crippen molar-refractivity contribution in [3.05, 3.63) is 46.6 Å². The van der Waals surface area contributed by atoms with Gasteiger partial charge in [0, 0.05) is 23.7 Å². The Morgan fingerprint density at radius 2 is 2.22 bits per heavy atom. The van der Waals surface area contributed by atoms with Crippen molar-refractivity contribution < 1.29 is 0 Å². The first-order valence-electron chi connectivity index (χ1n) is 6.13. The molecule has 0 fully saturated rings. The van der Waals surface area contributed by atoms with Crippen LogP contribution in [0.15, 0.2) is 36.0 Å². The van der Waals surface area contributed by atoms with E-state index in [9.17, 15) is 0 Å². The van der Waals surface area contributed by atoms with Crippen LogP contribution in [-0.2, 0) is 0 Å². The van der Waals surface area contributed by atoms with E-state index >= 15 is 0 Å².